The largest absolute Gasteiger partial charge is 0.345 e. The van der Waals surface area contributed by atoms with Gasteiger partial charge in [-0.05, 0) is 33.5 Å². The fourth-order valence-electron chi connectivity index (χ4n) is 2.52. The van der Waals surface area contributed by atoms with E-state index in [1.807, 2.05) is 11.9 Å². The summed E-state index contributed by atoms with van der Waals surface area (Å²) in [6.07, 6.45) is 2.40. The van der Waals surface area contributed by atoms with Crippen LogP contribution in [0.5, 0.6) is 0 Å². The molecule has 0 saturated heterocycles. The molecule has 0 rings (SSSR count). The molecule has 0 fully saturated rings. The molecule has 1 amide bonds. The summed E-state index contributed by atoms with van der Waals surface area (Å²) in [7, 11) is 8.14. The molecule has 0 spiro atoms. The standard InChI is InChI=1S/C19H40N4O2.CHBO/c1-7-10-11-21(6)19(25)17-22(9-3)14-15-23(16-18(4)24)13-12-20(5)8-2;2-1-3/h7-17H2,1-6H3;1H. The third kappa shape index (κ3) is 16.9. The van der Waals surface area contributed by atoms with E-state index in [9.17, 15) is 9.59 Å². The Morgan fingerprint density at radius 2 is 1.39 bits per heavy atom. The van der Waals surface area contributed by atoms with Crippen molar-refractivity contribution in [3.05, 3.63) is 0 Å². The molecule has 0 atom stereocenters. The summed E-state index contributed by atoms with van der Waals surface area (Å²) in [4.78, 5) is 40.8. The van der Waals surface area contributed by atoms with Crippen LogP contribution < -0.4 is 0 Å². The van der Waals surface area contributed by atoms with Gasteiger partial charge in [-0.1, -0.05) is 27.2 Å². The number of carbonyl (C=O) groups excluding carboxylic acids is 3. The summed E-state index contributed by atoms with van der Waals surface area (Å²) in [5, 5.41) is 0. The molecule has 0 aliphatic carbocycles. The number of Topliss-reactive ketones (excluding diaryl/α,β-unsaturated/α-hetero) is 1. The molecule has 0 unspecified atom stereocenters. The second kappa shape index (κ2) is 19.1. The Bertz CT molecular complexity index is 424. The molecule has 0 aliphatic rings. The molecule has 0 aromatic carbocycles. The van der Waals surface area contributed by atoms with E-state index in [1.54, 1.807) is 6.92 Å². The first-order chi connectivity index (χ1) is 13.2. The number of likely N-dealkylation sites (N-methyl/N-ethyl adjacent to an activating group) is 3. The van der Waals surface area contributed by atoms with Gasteiger partial charge in [0.2, 0.25) is 5.91 Å². The third-order valence-corrected chi connectivity index (χ3v) is 4.60. The maximum absolute atomic E-state index is 12.3. The van der Waals surface area contributed by atoms with Gasteiger partial charge in [0.15, 0.2) is 7.85 Å². The van der Waals surface area contributed by atoms with Gasteiger partial charge in [0.25, 0.3) is 0 Å². The zero-order valence-corrected chi connectivity index (χ0v) is 18.9. The van der Waals surface area contributed by atoms with Crippen LogP contribution in [0.25, 0.3) is 0 Å². The minimum absolute atomic E-state index is 0.180. The van der Waals surface area contributed by atoms with E-state index in [0.717, 1.165) is 58.7 Å². The first-order valence-electron chi connectivity index (χ1n) is 10.3. The monoisotopic (exact) mass is 396 g/mol. The van der Waals surface area contributed by atoms with Crippen LogP contribution in [0.3, 0.4) is 0 Å². The first-order valence-corrected chi connectivity index (χ1v) is 10.3. The Kier molecular flexibility index (Phi) is 19.7. The highest BCUT2D eigenvalue weighted by molar-refractivity contribution is 6.48. The van der Waals surface area contributed by atoms with Crippen LogP contribution in [0.15, 0.2) is 0 Å². The van der Waals surface area contributed by atoms with Crippen molar-refractivity contribution in [1.29, 1.82) is 0 Å². The third-order valence-electron chi connectivity index (χ3n) is 4.60. The van der Waals surface area contributed by atoms with E-state index in [-0.39, 0.29) is 17.9 Å². The van der Waals surface area contributed by atoms with E-state index in [0.29, 0.717) is 13.1 Å². The zero-order chi connectivity index (χ0) is 21.9. The summed E-state index contributed by atoms with van der Waals surface area (Å²) >= 11 is 0. The predicted molar refractivity (Wildman–Crippen MR) is 117 cm³/mol. The Labute approximate surface area is 173 Å². The summed E-state index contributed by atoms with van der Waals surface area (Å²) in [6.45, 7) is 15.1. The van der Waals surface area contributed by atoms with Crippen LogP contribution in [-0.4, -0.2) is 118 Å². The molecule has 0 bridgehead atoms. The number of amides is 1. The normalized spacial score (nSPS) is 10.8. The average molecular weight is 396 g/mol. The SMILES string of the molecule is CCCCN(C)C(=O)CN(CC)CCN(CCN(C)CC)CC(C)=O.[B]C=O. The van der Waals surface area contributed by atoms with Crippen LogP contribution in [0.2, 0.25) is 0 Å². The lowest BCUT2D eigenvalue weighted by Crippen LogP contribution is -2.44. The van der Waals surface area contributed by atoms with Crippen molar-refractivity contribution < 1.29 is 14.4 Å². The zero-order valence-electron chi connectivity index (χ0n) is 18.9. The second-order valence-electron chi connectivity index (χ2n) is 7.05. The van der Waals surface area contributed by atoms with Gasteiger partial charge in [-0.25, -0.2) is 0 Å². The van der Waals surface area contributed by atoms with Gasteiger partial charge < -0.3 is 14.6 Å². The minimum atomic E-state index is 0.180. The second-order valence-corrected chi connectivity index (χ2v) is 7.05. The van der Waals surface area contributed by atoms with E-state index >= 15 is 0 Å². The van der Waals surface area contributed by atoms with Crippen molar-refractivity contribution in [1.82, 2.24) is 19.6 Å². The molecule has 8 heteroatoms. The van der Waals surface area contributed by atoms with Crippen LogP contribution in [0, 0.1) is 0 Å². The topological polar surface area (TPSA) is 64.2 Å². The van der Waals surface area contributed by atoms with Gasteiger partial charge in [0, 0.05) is 39.8 Å². The average Bonchev–Trinajstić information content (AvgIpc) is 2.66. The smallest absolute Gasteiger partial charge is 0.236 e. The molecule has 0 saturated carbocycles. The van der Waals surface area contributed by atoms with Crippen molar-refractivity contribution in [2.24, 2.45) is 0 Å². The van der Waals surface area contributed by atoms with Crippen LogP contribution >= 0.6 is 0 Å². The number of carbonyl (C=O) groups is 3. The first kappa shape index (κ1) is 29.0. The Hall–Kier alpha value is -1.25. The number of hydrogen-bond acceptors (Lipinski definition) is 6. The summed E-state index contributed by atoms with van der Waals surface area (Å²) < 4.78 is 0. The fraction of sp³-hybridized carbons (Fsp3) is 0.850. The van der Waals surface area contributed by atoms with Crippen molar-refractivity contribution in [3.8, 4) is 0 Å². The Balaban J connectivity index is 0. The lowest BCUT2D eigenvalue weighted by Gasteiger charge is -2.28. The van der Waals surface area contributed by atoms with Gasteiger partial charge in [0.1, 0.15) is 5.78 Å². The molecular formula is C20H41BN4O3. The molecule has 0 aromatic heterocycles. The molecule has 0 N–H and O–H groups in total. The predicted octanol–water partition coefficient (Wildman–Crippen LogP) is 0.755. The van der Waals surface area contributed by atoms with Crippen molar-refractivity contribution in [2.45, 2.75) is 40.5 Å². The van der Waals surface area contributed by atoms with E-state index in [2.05, 4.69) is 50.4 Å². The van der Waals surface area contributed by atoms with Gasteiger partial charge in [-0.2, -0.15) is 0 Å². The van der Waals surface area contributed by atoms with Gasteiger partial charge >= 0.3 is 0 Å². The Morgan fingerprint density at radius 3 is 1.86 bits per heavy atom. The van der Waals surface area contributed by atoms with E-state index < -0.39 is 0 Å². The highest BCUT2D eigenvalue weighted by Crippen LogP contribution is 1.98. The molecule has 0 aliphatic heterocycles. The number of unbranched alkanes of at least 4 members (excludes halogenated alkanes) is 1. The Morgan fingerprint density at radius 1 is 0.857 bits per heavy atom. The van der Waals surface area contributed by atoms with Crippen LogP contribution in [-0.2, 0) is 14.4 Å². The van der Waals surface area contributed by atoms with Crippen molar-refractivity contribution >= 4 is 25.7 Å². The van der Waals surface area contributed by atoms with Gasteiger partial charge in [0.05, 0.1) is 19.3 Å². The molecule has 0 heterocycles. The maximum atomic E-state index is 12.3. The van der Waals surface area contributed by atoms with Crippen LogP contribution in [0.4, 0.5) is 0 Å². The summed E-state index contributed by atoms with van der Waals surface area (Å²) in [5.74, 6) is 0.372. The lowest BCUT2D eigenvalue weighted by atomic mass is 10.2. The molecule has 0 aromatic rings. The molecule has 162 valence electrons. The fourth-order valence-corrected chi connectivity index (χ4v) is 2.52. The molecule has 7 nitrogen and oxygen atoms in total. The maximum Gasteiger partial charge on any atom is 0.236 e. The summed E-state index contributed by atoms with van der Waals surface area (Å²) in [5.41, 5.74) is 0. The highest BCUT2D eigenvalue weighted by atomic mass is 16.2. The number of nitrogens with zero attached hydrogens (tertiary/aromatic N) is 4. The molecule has 2 radical (unpaired) electrons. The quantitative estimate of drug-likeness (QED) is 0.301. The number of hydrogen-bond donors (Lipinski definition) is 0. The van der Waals surface area contributed by atoms with Crippen LogP contribution in [0.1, 0.15) is 40.5 Å². The van der Waals surface area contributed by atoms with Gasteiger partial charge in [-0.15, -0.1) is 0 Å². The van der Waals surface area contributed by atoms with Crippen molar-refractivity contribution in [2.75, 3.05) is 73.0 Å². The summed E-state index contributed by atoms with van der Waals surface area (Å²) in [6, 6.07) is 0. The number of rotatable bonds is 15. The van der Waals surface area contributed by atoms with Crippen molar-refractivity contribution in [3.63, 3.8) is 0 Å². The molecular weight excluding hydrogens is 355 g/mol. The minimum Gasteiger partial charge on any atom is -0.345 e. The lowest BCUT2D eigenvalue weighted by molar-refractivity contribution is -0.131. The molecule has 28 heavy (non-hydrogen) atoms. The van der Waals surface area contributed by atoms with E-state index in [4.69, 9.17) is 4.79 Å². The van der Waals surface area contributed by atoms with E-state index in [1.165, 1.54) is 0 Å². The van der Waals surface area contributed by atoms with Gasteiger partial charge in [-0.3, -0.25) is 19.4 Å². The highest BCUT2D eigenvalue weighted by Gasteiger charge is 2.15. The number of ketones is 1.